The normalized spacial score (nSPS) is 31.6. The lowest BCUT2D eigenvalue weighted by Crippen LogP contribution is -2.51. The zero-order chi connectivity index (χ0) is 18.5. The van der Waals surface area contributed by atoms with Crippen LogP contribution in [0, 0.1) is 33.3 Å². The molecule has 4 aliphatic rings. The van der Waals surface area contributed by atoms with Crippen molar-refractivity contribution in [3.05, 3.63) is 33.9 Å². The summed E-state index contributed by atoms with van der Waals surface area (Å²) in [7, 11) is 0. The van der Waals surface area contributed by atoms with Crippen molar-refractivity contribution < 1.29 is 19.2 Å². The van der Waals surface area contributed by atoms with Crippen LogP contribution in [0.1, 0.15) is 48.9 Å². The van der Waals surface area contributed by atoms with Crippen molar-refractivity contribution in [3.63, 3.8) is 0 Å². The van der Waals surface area contributed by atoms with E-state index < -0.39 is 10.9 Å². The number of hydrogen-bond acceptors (Lipinski definition) is 6. The second-order valence-electron chi connectivity index (χ2n) is 8.23. The van der Waals surface area contributed by atoms with E-state index in [0.29, 0.717) is 17.8 Å². The number of nitro benzene ring substituents is 1. The molecule has 2 N–H and O–H groups in total. The number of esters is 1. The van der Waals surface area contributed by atoms with Gasteiger partial charge < -0.3 is 10.5 Å². The van der Waals surface area contributed by atoms with Crippen LogP contribution in [0.5, 0.6) is 0 Å². The van der Waals surface area contributed by atoms with Crippen LogP contribution in [0.15, 0.2) is 18.2 Å². The van der Waals surface area contributed by atoms with Crippen LogP contribution >= 0.6 is 0 Å². The number of nitrogens with two attached hydrogens (primary N) is 1. The number of Topliss-reactive ketones (excluding diaryl/α,β-unsaturated/α-hetero) is 1. The second-order valence-corrected chi connectivity index (χ2v) is 8.23. The zero-order valence-corrected chi connectivity index (χ0v) is 14.5. The highest BCUT2D eigenvalue weighted by Crippen LogP contribution is 2.60. The second kappa shape index (κ2) is 6.07. The summed E-state index contributed by atoms with van der Waals surface area (Å²) < 4.78 is 5.20. The number of nitrogens with zero attached hydrogens (tertiary/aromatic N) is 1. The molecule has 0 atom stereocenters. The third-order valence-electron chi connectivity index (χ3n) is 6.43. The topological polar surface area (TPSA) is 113 Å². The molecule has 26 heavy (non-hydrogen) atoms. The molecule has 0 radical (unpaired) electrons. The quantitative estimate of drug-likeness (QED) is 0.374. The first-order valence-electron chi connectivity index (χ1n) is 9.10. The summed E-state index contributed by atoms with van der Waals surface area (Å²) in [6, 6.07) is 3.77. The van der Waals surface area contributed by atoms with Crippen molar-refractivity contribution in [1.29, 1.82) is 0 Å². The van der Waals surface area contributed by atoms with Gasteiger partial charge in [-0.3, -0.25) is 14.9 Å². The Hall–Kier alpha value is -2.44. The van der Waals surface area contributed by atoms with E-state index in [-0.39, 0.29) is 34.7 Å². The number of benzene rings is 1. The number of carbonyl (C=O) groups is 2. The minimum Gasteiger partial charge on any atom is -0.454 e. The molecule has 7 nitrogen and oxygen atoms in total. The first-order valence-corrected chi connectivity index (χ1v) is 9.10. The van der Waals surface area contributed by atoms with Crippen molar-refractivity contribution >= 4 is 23.1 Å². The van der Waals surface area contributed by atoms with Crippen molar-refractivity contribution in [2.45, 2.75) is 38.5 Å². The summed E-state index contributed by atoms with van der Waals surface area (Å²) in [6.45, 7) is -0.261. The van der Waals surface area contributed by atoms with Gasteiger partial charge in [0, 0.05) is 11.5 Å². The third-order valence-corrected chi connectivity index (χ3v) is 6.43. The third kappa shape index (κ3) is 2.85. The highest BCUT2D eigenvalue weighted by atomic mass is 16.6. The first-order chi connectivity index (χ1) is 12.4. The average molecular weight is 358 g/mol. The van der Waals surface area contributed by atoms with Crippen molar-refractivity contribution in [3.8, 4) is 0 Å². The van der Waals surface area contributed by atoms with Gasteiger partial charge in [-0.15, -0.1) is 0 Å². The lowest BCUT2D eigenvalue weighted by molar-refractivity contribution is -0.383. The summed E-state index contributed by atoms with van der Waals surface area (Å²) in [5.41, 5.74) is 4.89. The molecule has 0 saturated heterocycles. The number of nitrogen functional groups attached to an aromatic ring is 1. The zero-order valence-electron chi connectivity index (χ0n) is 14.5. The summed E-state index contributed by atoms with van der Waals surface area (Å²) in [6.07, 6.45) is 6.47. The Bertz CT molecular complexity index is 753. The number of rotatable bonds is 5. The summed E-state index contributed by atoms with van der Waals surface area (Å²) in [5.74, 6) is 1.20. The summed E-state index contributed by atoms with van der Waals surface area (Å²) in [5, 5.41) is 10.9. The molecule has 4 fully saturated rings. The molecule has 0 heterocycles. The number of carbonyl (C=O) groups excluding carboxylic acids is 2. The number of ketones is 1. The lowest BCUT2D eigenvalue weighted by Gasteiger charge is -2.55. The molecule has 0 aliphatic heterocycles. The van der Waals surface area contributed by atoms with Crippen molar-refractivity contribution in [2.24, 2.45) is 23.2 Å². The molecule has 7 heteroatoms. The van der Waals surface area contributed by atoms with Gasteiger partial charge in [-0.2, -0.15) is 0 Å². The number of hydrogen-bond donors (Lipinski definition) is 1. The van der Waals surface area contributed by atoms with Crippen LogP contribution in [-0.4, -0.2) is 23.3 Å². The van der Waals surface area contributed by atoms with Crippen LogP contribution in [0.25, 0.3) is 0 Å². The van der Waals surface area contributed by atoms with Crippen LogP contribution < -0.4 is 5.73 Å². The maximum atomic E-state index is 12.9. The predicted octanol–water partition coefficient (Wildman–Crippen LogP) is 3.12. The van der Waals surface area contributed by atoms with E-state index in [9.17, 15) is 19.7 Å². The summed E-state index contributed by atoms with van der Waals surface area (Å²) >= 11 is 0. The maximum Gasteiger partial charge on any atom is 0.338 e. The van der Waals surface area contributed by atoms with Gasteiger partial charge in [0.15, 0.2) is 12.4 Å². The minimum absolute atomic E-state index is 0.00916. The SMILES string of the molecule is Nc1ccc(C(=O)OCC(=O)C23CC4CC(CC(C4)C2)C3)cc1[N+](=O)[O-]. The molecular weight excluding hydrogens is 336 g/mol. The molecule has 1 aromatic rings. The number of nitro groups is 1. The Morgan fingerprint density at radius 2 is 1.73 bits per heavy atom. The minimum atomic E-state index is -0.730. The Morgan fingerprint density at radius 3 is 2.27 bits per heavy atom. The van der Waals surface area contributed by atoms with E-state index in [1.54, 1.807) is 0 Å². The monoisotopic (exact) mass is 358 g/mol. The van der Waals surface area contributed by atoms with Gasteiger partial charge in [-0.05, 0) is 68.4 Å². The highest BCUT2D eigenvalue weighted by Gasteiger charge is 2.54. The Balaban J connectivity index is 1.43. The molecular formula is C19H22N2O5. The number of anilines is 1. The molecule has 0 aromatic heterocycles. The van der Waals surface area contributed by atoms with E-state index in [1.807, 2.05) is 0 Å². The van der Waals surface area contributed by atoms with Gasteiger partial charge in [-0.1, -0.05) is 0 Å². The van der Waals surface area contributed by atoms with Gasteiger partial charge in [0.05, 0.1) is 10.5 Å². The first kappa shape index (κ1) is 17.0. The summed E-state index contributed by atoms with van der Waals surface area (Å²) in [4.78, 5) is 35.4. The van der Waals surface area contributed by atoms with Gasteiger partial charge in [-0.25, -0.2) is 4.79 Å². The van der Waals surface area contributed by atoms with E-state index in [0.717, 1.165) is 25.3 Å². The Labute approximate surface area is 151 Å². The fourth-order valence-electron chi connectivity index (χ4n) is 5.65. The van der Waals surface area contributed by atoms with Gasteiger partial charge in [0.25, 0.3) is 5.69 Å². The van der Waals surface area contributed by atoms with Gasteiger partial charge in [0.1, 0.15) is 5.69 Å². The molecule has 4 saturated carbocycles. The Kier molecular flexibility index (Phi) is 3.97. The number of ether oxygens (including phenoxy) is 1. The van der Waals surface area contributed by atoms with Crippen LogP contribution in [0.3, 0.4) is 0 Å². The van der Waals surface area contributed by atoms with Crippen LogP contribution in [0.4, 0.5) is 11.4 Å². The largest absolute Gasteiger partial charge is 0.454 e. The van der Waals surface area contributed by atoms with Crippen molar-refractivity contribution in [2.75, 3.05) is 12.3 Å². The lowest BCUT2D eigenvalue weighted by atomic mass is 9.48. The molecule has 138 valence electrons. The predicted molar refractivity (Wildman–Crippen MR) is 93.4 cm³/mol. The molecule has 1 aromatic carbocycles. The smallest absolute Gasteiger partial charge is 0.338 e. The molecule has 0 unspecified atom stereocenters. The average Bonchev–Trinajstić information content (AvgIpc) is 2.58. The van der Waals surface area contributed by atoms with E-state index in [1.165, 1.54) is 31.4 Å². The van der Waals surface area contributed by atoms with E-state index in [2.05, 4.69) is 0 Å². The van der Waals surface area contributed by atoms with E-state index in [4.69, 9.17) is 10.5 Å². The fourth-order valence-corrected chi connectivity index (χ4v) is 5.65. The molecule has 4 bridgehead atoms. The van der Waals surface area contributed by atoms with Gasteiger partial charge in [0.2, 0.25) is 0 Å². The van der Waals surface area contributed by atoms with Gasteiger partial charge >= 0.3 is 5.97 Å². The maximum absolute atomic E-state index is 12.9. The highest BCUT2D eigenvalue weighted by molar-refractivity contribution is 5.94. The molecule has 0 amide bonds. The standard InChI is InChI=1S/C19H22N2O5/c20-15-2-1-14(6-16(15)21(24)25)18(23)26-10-17(22)19-7-11-3-12(8-19)5-13(4-11)9-19/h1-2,6,11-13H,3-5,7-10,20H2. The van der Waals surface area contributed by atoms with Crippen LogP contribution in [0.2, 0.25) is 0 Å². The molecule has 0 spiro atoms. The molecule has 5 rings (SSSR count). The van der Waals surface area contributed by atoms with Crippen molar-refractivity contribution in [1.82, 2.24) is 0 Å². The molecule has 4 aliphatic carbocycles. The van der Waals surface area contributed by atoms with E-state index >= 15 is 0 Å². The Morgan fingerprint density at radius 1 is 1.15 bits per heavy atom. The van der Waals surface area contributed by atoms with Crippen LogP contribution in [-0.2, 0) is 9.53 Å². The fraction of sp³-hybridized carbons (Fsp3) is 0.579.